The number of fused-ring (bicyclic) bond motifs is 1. The summed E-state index contributed by atoms with van der Waals surface area (Å²) in [5, 5.41) is 3.41. The van der Waals surface area contributed by atoms with Gasteiger partial charge in [0.05, 0.1) is 0 Å². The summed E-state index contributed by atoms with van der Waals surface area (Å²) < 4.78 is 11.2. The van der Waals surface area contributed by atoms with Crippen LogP contribution in [-0.4, -0.2) is 44.8 Å². The van der Waals surface area contributed by atoms with Crippen LogP contribution in [0.15, 0.2) is 18.2 Å². The van der Waals surface area contributed by atoms with E-state index in [1.165, 1.54) is 31.5 Å². The van der Waals surface area contributed by atoms with E-state index in [1.807, 2.05) is 13.1 Å². The number of likely N-dealkylation sites (tertiary alicyclic amines) is 1. The number of rotatable bonds is 4. The van der Waals surface area contributed by atoms with Crippen molar-refractivity contribution in [3.8, 4) is 11.5 Å². The first-order valence-electron chi connectivity index (χ1n) is 7.16. The molecule has 0 radical (unpaired) electrons. The van der Waals surface area contributed by atoms with E-state index in [-0.39, 0.29) is 0 Å². The maximum atomic E-state index is 5.66. The zero-order valence-electron chi connectivity index (χ0n) is 11.5. The molecule has 1 aromatic carbocycles. The second kappa shape index (κ2) is 5.80. The molecule has 1 aromatic rings. The number of benzene rings is 1. The van der Waals surface area contributed by atoms with Crippen molar-refractivity contribution in [3.05, 3.63) is 23.8 Å². The molecule has 3 rings (SSSR count). The van der Waals surface area contributed by atoms with E-state index in [0.29, 0.717) is 19.3 Å². The van der Waals surface area contributed by atoms with Crippen molar-refractivity contribution >= 4 is 0 Å². The molecular formula is C15H22N2O2. The van der Waals surface area contributed by atoms with Gasteiger partial charge in [0, 0.05) is 12.6 Å². The van der Waals surface area contributed by atoms with Gasteiger partial charge in [0.25, 0.3) is 0 Å². The van der Waals surface area contributed by atoms with E-state index in [9.17, 15) is 0 Å². The minimum atomic E-state index is 0.355. The van der Waals surface area contributed by atoms with Crippen molar-refractivity contribution in [1.82, 2.24) is 10.2 Å². The van der Waals surface area contributed by atoms with E-state index in [2.05, 4.69) is 22.3 Å². The standard InChI is InChI=1S/C15H22N2O2/c1-16-13(11-17-6-2-3-7-17)12-4-5-14-15(10-12)19-9-8-18-14/h4-5,10,13,16H,2-3,6-9,11H2,1H3. The Morgan fingerprint density at radius 3 is 2.63 bits per heavy atom. The topological polar surface area (TPSA) is 33.7 Å². The Kier molecular flexibility index (Phi) is 3.89. The Labute approximate surface area is 114 Å². The second-order valence-electron chi connectivity index (χ2n) is 5.25. The molecule has 0 amide bonds. The molecule has 0 bridgehead atoms. The molecule has 4 nitrogen and oxygen atoms in total. The Hall–Kier alpha value is -1.26. The van der Waals surface area contributed by atoms with Gasteiger partial charge in [-0.25, -0.2) is 0 Å². The number of nitrogens with one attached hydrogen (secondary N) is 1. The summed E-state index contributed by atoms with van der Waals surface area (Å²) in [6, 6.07) is 6.64. The van der Waals surface area contributed by atoms with Crippen LogP contribution in [0.4, 0.5) is 0 Å². The predicted molar refractivity (Wildman–Crippen MR) is 74.9 cm³/mol. The van der Waals surface area contributed by atoms with E-state index in [1.54, 1.807) is 0 Å². The summed E-state index contributed by atoms with van der Waals surface area (Å²) in [4.78, 5) is 2.53. The maximum absolute atomic E-state index is 5.66. The summed E-state index contributed by atoms with van der Waals surface area (Å²) in [7, 11) is 2.03. The highest BCUT2D eigenvalue weighted by Crippen LogP contribution is 2.32. The molecule has 1 atom stereocenters. The smallest absolute Gasteiger partial charge is 0.161 e. The van der Waals surface area contributed by atoms with E-state index < -0.39 is 0 Å². The highest BCUT2D eigenvalue weighted by atomic mass is 16.6. The van der Waals surface area contributed by atoms with Gasteiger partial charge in [-0.15, -0.1) is 0 Å². The summed E-state index contributed by atoms with van der Waals surface area (Å²) >= 11 is 0. The Morgan fingerprint density at radius 2 is 1.89 bits per heavy atom. The molecule has 1 unspecified atom stereocenters. The molecule has 1 saturated heterocycles. The van der Waals surface area contributed by atoms with Gasteiger partial charge in [-0.05, 0) is 50.7 Å². The molecule has 2 heterocycles. The van der Waals surface area contributed by atoms with Gasteiger partial charge in [-0.2, -0.15) is 0 Å². The van der Waals surface area contributed by atoms with E-state index in [4.69, 9.17) is 9.47 Å². The SMILES string of the molecule is CNC(CN1CCCC1)c1ccc2c(c1)OCCO2. The molecule has 0 spiro atoms. The molecule has 19 heavy (non-hydrogen) atoms. The zero-order chi connectivity index (χ0) is 13.1. The van der Waals surface area contributed by atoms with Gasteiger partial charge in [0.15, 0.2) is 11.5 Å². The molecule has 2 aliphatic heterocycles. The Balaban J connectivity index is 1.74. The minimum Gasteiger partial charge on any atom is -0.486 e. The molecule has 0 saturated carbocycles. The fourth-order valence-electron chi connectivity index (χ4n) is 2.86. The molecule has 2 aliphatic rings. The van der Waals surface area contributed by atoms with Crippen LogP contribution in [0.1, 0.15) is 24.4 Å². The highest BCUT2D eigenvalue weighted by Gasteiger charge is 2.20. The number of hydrogen-bond acceptors (Lipinski definition) is 4. The van der Waals surface area contributed by atoms with Crippen LogP contribution in [0.3, 0.4) is 0 Å². The molecule has 0 aromatic heterocycles. The monoisotopic (exact) mass is 262 g/mol. The van der Waals surface area contributed by atoms with E-state index in [0.717, 1.165) is 18.0 Å². The predicted octanol–water partition coefficient (Wildman–Crippen LogP) is 1.81. The lowest BCUT2D eigenvalue weighted by Gasteiger charge is -2.25. The van der Waals surface area contributed by atoms with Gasteiger partial charge in [0.1, 0.15) is 13.2 Å². The summed E-state index contributed by atoms with van der Waals surface area (Å²) in [5.74, 6) is 1.75. The van der Waals surface area contributed by atoms with E-state index >= 15 is 0 Å². The maximum Gasteiger partial charge on any atom is 0.161 e. The third kappa shape index (κ3) is 2.85. The second-order valence-corrected chi connectivity index (χ2v) is 5.25. The number of ether oxygens (including phenoxy) is 2. The zero-order valence-corrected chi connectivity index (χ0v) is 11.5. The van der Waals surface area contributed by atoms with Crippen LogP contribution in [0, 0.1) is 0 Å². The van der Waals surface area contributed by atoms with Gasteiger partial charge >= 0.3 is 0 Å². The van der Waals surface area contributed by atoms with Crippen LogP contribution in [0.25, 0.3) is 0 Å². The van der Waals surface area contributed by atoms with Crippen LogP contribution < -0.4 is 14.8 Å². The molecule has 1 fully saturated rings. The third-order valence-corrected chi connectivity index (χ3v) is 3.96. The fourth-order valence-corrected chi connectivity index (χ4v) is 2.86. The van der Waals surface area contributed by atoms with Crippen molar-refractivity contribution in [3.63, 3.8) is 0 Å². The Morgan fingerprint density at radius 1 is 1.16 bits per heavy atom. The average Bonchev–Trinajstić information content (AvgIpc) is 2.97. The van der Waals surface area contributed by atoms with Crippen LogP contribution >= 0.6 is 0 Å². The van der Waals surface area contributed by atoms with Gasteiger partial charge < -0.3 is 19.7 Å². The summed E-state index contributed by atoms with van der Waals surface area (Å²) in [6.45, 7) is 4.81. The number of likely N-dealkylation sites (N-methyl/N-ethyl adjacent to an activating group) is 1. The summed E-state index contributed by atoms with van der Waals surface area (Å²) in [5.41, 5.74) is 1.28. The lowest BCUT2D eigenvalue weighted by Crippen LogP contribution is -2.32. The lowest BCUT2D eigenvalue weighted by molar-refractivity contribution is 0.171. The van der Waals surface area contributed by atoms with Crippen molar-refractivity contribution in [2.45, 2.75) is 18.9 Å². The normalized spacial score (nSPS) is 20.5. The van der Waals surface area contributed by atoms with Crippen LogP contribution in [0.2, 0.25) is 0 Å². The van der Waals surface area contributed by atoms with Crippen molar-refractivity contribution in [2.24, 2.45) is 0 Å². The highest BCUT2D eigenvalue weighted by molar-refractivity contribution is 5.44. The quantitative estimate of drug-likeness (QED) is 0.897. The van der Waals surface area contributed by atoms with Crippen molar-refractivity contribution in [1.29, 1.82) is 0 Å². The van der Waals surface area contributed by atoms with Gasteiger partial charge in [-0.3, -0.25) is 0 Å². The molecule has 104 valence electrons. The Bertz CT molecular complexity index is 430. The summed E-state index contributed by atoms with van der Waals surface area (Å²) in [6.07, 6.45) is 2.66. The van der Waals surface area contributed by atoms with Gasteiger partial charge in [-0.1, -0.05) is 6.07 Å². The van der Waals surface area contributed by atoms with Crippen LogP contribution in [-0.2, 0) is 0 Å². The van der Waals surface area contributed by atoms with Crippen molar-refractivity contribution in [2.75, 3.05) is 39.9 Å². The van der Waals surface area contributed by atoms with Gasteiger partial charge in [0.2, 0.25) is 0 Å². The van der Waals surface area contributed by atoms with Crippen molar-refractivity contribution < 1.29 is 9.47 Å². The van der Waals surface area contributed by atoms with Crippen LogP contribution in [0.5, 0.6) is 11.5 Å². The largest absolute Gasteiger partial charge is 0.486 e. The molecule has 0 aliphatic carbocycles. The molecule has 1 N–H and O–H groups in total. The average molecular weight is 262 g/mol. The number of nitrogens with zero attached hydrogens (tertiary/aromatic N) is 1. The first kappa shape index (κ1) is 12.8. The first-order valence-corrected chi connectivity index (χ1v) is 7.16. The molecule has 4 heteroatoms. The fraction of sp³-hybridized carbons (Fsp3) is 0.600. The minimum absolute atomic E-state index is 0.355. The number of hydrogen-bond donors (Lipinski definition) is 1. The lowest BCUT2D eigenvalue weighted by atomic mass is 10.1. The third-order valence-electron chi connectivity index (χ3n) is 3.96. The first-order chi connectivity index (χ1) is 9.36. The molecular weight excluding hydrogens is 240 g/mol.